The van der Waals surface area contributed by atoms with E-state index < -0.39 is 17.0 Å². The molecule has 3 N–H and O–H groups in total. The molecule has 3 rings (SSSR count). The molecule has 0 radical (unpaired) electrons. The zero-order chi connectivity index (χ0) is 23.5. The normalized spacial score (nSPS) is 29.8. The van der Waals surface area contributed by atoms with Crippen molar-refractivity contribution in [2.24, 2.45) is 5.92 Å². The highest BCUT2D eigenvalue weighted by molar-refractivity contribution is 5.95. The number of benzene rings is 1. The van der Waals surface area contributed by atoms with E-state index in [2.05, 4.69) is 36.3 Å². The molecule has 2 heterocycles. The van der Waals surface area contributed by atoms with Crippen molar-refractivity contribution in [2.75, 3.05) is 26.7 Å². The maximum Gasteiger partial charge on any atom is 0.321 e. The maximum atomic E-state index is 13.0. The average molecular weight is 446 g/mol. The van der Waals surface area contributed by atoms with Gasteiger partial charge in [-0.3, -0.25) is 15.0 Å². The lowest BCUT2D eigenvalue weighted by Crippen LogP contribution is -2.69. The summed E-state index contributed by atoms with van der Waals surface area (Å²) in [6.45, 7) is 10.6. The number of aryl methyl sites for hydroxylation is 1. The van der Waals surface area contributed by atoms with Crippen LogP contribution < -0.4 is 15.4 Å². The molecule has 0 bridgehead atoms. The van der Waals surface area contributed by atoms with Gasteiger partial charge in [0.15, 0.2) is 0 Å². The number of nitrogens with zero attached hydrogens (tertiary/aromatic N) is 1. The van der Waals surface area contributed by atoms with Gasteiger partial charge in [-0.05, 0) is 81.8 Å². The molecule has 1 aromatic carbocycles. The summed E-state index contributed by atoms with van der Waals surface area (Å²) in [6.07, 6.45) is 2.87. The van der Waals surface area contributed by atoms with Crippen LogP contribution in [-0.2, 0) is 10.2 Å². The third-order valence-electron chi connectivity index (χ3n) is 7.58. The van der Waals surface area contributed by atoms with Crippen molar-refractivity contribution in [1.29, 1.82) is 0 Å². The summed E-state index contributed by atoms with van der Waals surface area (Å²) in [5, 5.41) is 17.7. The average Bonchev–Trinajstić information content (AvgIpc) is 2.74. The quantitative estimate of drug-likeness (QED) is 0.648. The minimum atomic E-state index is -1.14. The predicted molar refractivity (Wildman–Crippen MR) is 125 cm³/mol. The summed E-state index contributed by atoms with van der Waals surface area (Å²) in [5.41, 5.74) is -0.00738. The second-order valence-corrected chi connectivity index (χ2v) is 9.92. The number of hydrogen-bond acceptors (Lipinski definition) is 5. The molecule has 0 aromatic heterocycles. The lowest BCUT2D eigenvalue weighted by atomic mass is 9.56. The highest BCUT2D eigenvalue weighted by atomic mass is 16.5. The molecule has 2 saturated heterocycles. The number of ether oxygens (including phenoxy) is 1. The Labute approximate surface area is 191 Å². The minimum absolute atomic E-state index is 0.0489. The predicted octanol–water partition coefficient (Wildman–Crippen LogP) is 3.12. The molecule has 1 aromatic rings. The Balaban J connectivity index is 2.13. The van der Waals surface area contributed by atoms with Crippen molar-refractivity contribution in [3.8, 4) is 5.75 Å². The Morgan fingerprint density at radius 2 is 2.03 bits per heavy atom. The Kier molecular flexibility index (Phi) is 7.50. The molecule has 0 unspecified atom stereocenters. The molecule has 7 nitrogen and oxygen atoms in total. The fourth-order valence-corrected chi connectivity index (χ4v) is 5.62. The second kappa shape index (κ2) is 9.79. The van der Waals surface area contributed by atoms with Gasteiger partial charge in [0.2, 0.25) is 5.91 Å². The first-order valence-corrected chi connectivity index (χ1v) is 11.8. The summed E-state index contributed by atoms with van der Waals surface area (Å²) in [7, 11) is 1.62. The zero-order valence-electron chi connectivity index (χ0n) is 20.2. The fraction of sp³-hybridized carbons (Fsp3) is 0.680. The first kappa shape index (κ1) is 24.5. The zero-order valence-corrected chi connectivity index (χ0v) is 20.2. The molecule has 2 aliphatic rings. The number of rotatable bonds is 5. The van der Waals surface area contributed by atoms with Crippen molar-refractivity contribution in [2.45, 2.75) is 76.9 Å². The summed E-state index contributed by atoms with van der Waals surface area (Å²) < 4.78 is 5.51. The number of amides is 3. The lowest BCUT2D eigenvalue weighted by molar-refractivity contribution is -0.151. The van der Waals surface area contributed by atoms with Crippen LogP contribution in [0.5, 0.6) is 5.75 Å². The van der Waals surface area contributed by atoms with Crippen LogP contribution in [0.1, 0.15) is 64.0 Å². The van der Waals surface area contributed by atoms with Crippen LogP contribution in [0, 0.1) is 12.8 Å². The van der Waals surface area contributed by atoms with Gasteiger partial charge in [0.1, 0.15) is 5.75 Å². The van der Waals surface area contributed by atoms with Crippen molar-refractivity contribution in [1.82, 2.24) is 15.5 Å². The topological polar surface area (TPSA) is 90.9 Å². The molecule has 2 fully saturated rings. The van der Waals surface area contributed by atoms with E-state index in [0.717, 1.165) is 30.6 Å². The van der Waals surface area contributed by atoms with Gasteiger partial charge in [-0.25, -0.2) is 4.79 Å². The van der Waals surface area contributed by atoms with E-state index in [4.69, 9.17) is 4.74 Å². The minimum Gasteiger partial charge on any atom is -0.497 e. The molecule has 0 saturated carbocycles. The number of methoxy groups -OCH3 is 1. The number of piperidine rings is 1. The van der Waals surface area contributed by atoms with Gasteiger partial charge < -0.3 is 15.2 Å². The van der Waals surface area contributed by atoms with Crippen molar-refractivity contribution in [3.05, 3.63) is 29.3 Å². The Morgan fingerprint density at radius 3 is 2.72 bits per heavy atom. The van der Waals surface area contributed by atoms with E-state index >= 15 is 0 Å². The van der Waals surface area contributed by atoms with E-state index in [0.29, 0.717) is 37.5 Å². The number of hydrogen-bond donors (Lipinski definition) is 3. The van der Waals surface area contributed by atoms with E-state index in [-0.39, 0.29) is 18.4 Å². The van der Waals surface area contributed by atoms with Crippen LogP contribution in [-0.4, -0.2) is 60.3 Å². The van der Waals surface area contributed by atoms with Gasteiger partial charge >= 0.3 is 6.03 Å². The number of carbonyl (C=O) groups is 2. The van der Waals surface area contributed by atoms with Crippen LogP contribution in [0.2, 0.25) is 0 Å². The number of aliphatic hydroxyl groups is 1. The first-order chi connectivity index (χ1) is 15.1. The molecular formula is C25H39N3O4. The molecular weight excluding hydrogens is 406 g/mol. The number of imide groups is 1. The number of carbonyl (C=O) groups excluding carboxylic acids is 2. The van der Waals surface area contributed by atoms with Gasteiger partial charge in [0, 0.05) is 24.4 Å². The smallest absolute Gasteiger partial charge is 0.321 e. The Hall–Kier alpha value is -2.12. The van der Waals surface area contributed by atoms with E-state index in [1.807, 2.05) is 25.1 Å². The third kappa shape index (κ3) is 4.64. The second-order valence-electron chi connectivity index (χ2n) is 9.92. The summed E-state index contributed by atoms with van der Waals surface area (Å²) in [5.74, 6) is 0.912. The van der Waals surface area contributed by atoms with E-state index in [1.165, 1.54) is 0 Å². The summed E-state index contributed by atoms with van der Waals surface area (Å²) in [4.78, 5) is 27.5. The lowest BCUT2D eigenvalue weighted by Gasteiger charge is -2.58. The van der Waals surface area contributed by atoms with Crippen LogP contribution in [0.25, 0.3) is 0 Å². The van der Waals surface area contributed by atoms with Crippen molar-refractivity contribution in [3.63, 3.8) is 0 Å². The molecule has 32 heavy (non-hydrogen) atoms. The van der Waals surface area contributed by atoms with Crippen LogP contribution in [0.4, 0.5) is 4.79 Å². The monoisotopic (exact) mass is 445 g/mol. The molecule has 3 atom stereocenters. The highest BCUT2D eigenvalue weighted by Gasteiger charge is 2.59. The summed E-state index contributed by atoms with van der Waals surface area (Å²) >= 11 is 0. The Morgan fingerprint density at radius 1 is 1.28 bits per heavy atom. The van der Waals surface area contributed by atoms with Gasteiger partial charge in [-0.1, -0.05) is 19.9 Å². The van der Waals surface area contributed by atoms with E-state index in [9.17, 15) is 14.7 Å². The molecule has 178 valence electrons. The molecule has 0 spiro atoms. The summed E-state index contributed by atoms with van der Waals surface area (Å²) in [6, 6.07) is 5.26. The number of urea groups is 1. The van der Waals surface area contributed by atoms with Crippen LogP contribution in [0.3, 0.4) is 0 Å². The largest absolute Gasteiger partial charge is 0.497 e. The third-order valence-corrected chi connectivity index (χ3v) is 7.58. The molecule has 7 heteroatoms. The van der Waals surface area contributed by atoms with Crippen LogP contribution in [0.15, 0.2) is 18.2 Å². The number of fused-ring (bicyclic) bond motifs is 1. The standard InChI is InChI=1S/C25H39N3O4/c1-17(2)9-13-28-14-11-24(21-15-20(32-5)8-7-18(21)3)16-22(29)27-23(30)26-12-6-10-25(24,31)19(28)4/h7-8,15,17,19,31H,6,9-14,16H2,1-5H3,(H2,26,27,29,30)/t19-,24-,25-/m1/s1. The van der Waals surface area contributed by atoms with Crippen molar-refractivity contribution >= 4 is 11.9 Å². The van der Waals surface area contributed by atoms with Gasteiger partial charge in [-0.2, -0.15) is 0 Å². The number of likely N-dealkylation sites (tertiary alicyclic amines) is 1. The van der Waals surface area contributed by atoms with Gasteiger partial charge in [0.25, 0.3) is 0 Å². The van der Waals surface area contributed by atoms with Gasteiger partial charge in [-0.15, -0.1) is 0 Å². The SMILES string of the molecule is COc1ccc(C)c([C@]23CCN(CCC(C)C)[C@H](C)[C@]2(O)CCCNC(=O)NC(=O)C3)c1. The Bertz CT molecular complexity index is 842. The number of nitrogens with one attached hydrogen (secondary N) is 2. The maximum absolute atomic E-state index is 13.0. The molecule has 0 aliphatic carbocycles. The first-order valence-electron chi connectivity index (χ1n) is 11.8. The van der Waals surface area contributed by atoms with E-state index in [1.54, 1.807) is 7.11 Å². The highest BCUT2D eigenvalue weighted by Crippen LogP contribution is 2.52. The van der Waals surface area contributed by atoms with Crippen LogP contribution >= 0.6 is 0 Å². The molecule has 2 aliphatic heterocycles. The van der Waals surface area contributed by atoms with Gasteiger partial charge in [0.05, 0.1) is 12.7 Å². The fourth-order valence-electron chi connectivity index (χ4n) is 5.62. The molecule has 3 amide bonds. The van der Waals surface area contributed by atoms with Crippen molar-refractivity contribution < 1.29 is 19.4 Å².